The van der Waals surface area contributed by atoms with Crippen molar-refractivity contribution in [2.24, 2.45) is 5.92 Å². The summed E-state index contributed by atoms with van der Waals surface area (Å²) in [5.74, 6) is -4.13. The third-order valence-electron chi connectivity index (χ3n) is 5.73. The first-order valence-corrected chi connectivity index (χ1v) is 13.1. The van der Waals surface area contributed by atoms with Crippen LogP contribution < -0.4 is 0 Å². The van der Waals surface area contributed by atoms with E-state index in [4.69, 9.17) is 25.5 Å². The van der Waals surface area contributed by atoms with Gasteiger partial charge >= 0.3 is 17.9 Å². The maximum Gasteiger partial charge on any atom is 0.336 e. The molecule has 0 aliphatic carbocycles. The van der Waals surface area contributed by atoms with Gasteiger partial charge in [-0.25, -0.2) is 4.79 Å². The van der Waals surface area contributed by atoms with E-state index in [0.29, 0.717) is 6.61 Å². The van der Waals surface area contributed by atoms with Crippen LogP contribution in [-0.4, -0.2) is 55.6 Å². The topological polar surface area (TPSA) is 152 Å². The second-order valence-corrected chi connectivity index (χ2v) is 9.69. The average molecular weight is 491 g/mol. The van der Waals surface area contributed by atoms with Crippen molar-refractivity contribution < 1.29 is 39.9 Å². The molecule has 0 aromatic rings. The zero-order valence-corrected chi connectivity index (χ0v) is 21.5. The van der Waals surface area contributed by atoms with Gasteiger partial charge in [-0.1, -0.05) is 110 Å². The molecule has 0 spiro atoms. The van der Waals surface area contributed by atoms with E-state index in [1.807, 2.05) is 0 Å². The van der Waals surface area contributed by atoms with E-state index in [1.54, 1.807) is 0 Å². The monoisotopic (exact) mass is 490 g/mol. The Morgan fingerprint density at radius 3 is 1.12 bits per heavy atom. The fourth-order valence-corrected chi connectivity index (χ4v) is 3.68. The maximum absolute atomic E-state index is 10.3. The highest BCUT2D eigenvalue weighted by Gasteiger charge is 2.40. The predicted octanol–water partition coefficient (Wildman–Crippen LogP) is 5.63. The molecule has 0 unspecified atom stereocenters. The minimum Gasteiger partial charge on any atom is -0.481 e. The number of carboxylic acid groups (broad SMARTS) is 3. The van der Waals surface area contributed by atoms with Crippen molar-refractivity contribution in [3.05, 3.63) is 0 Å². The van der Waals surface area contributed by atoms with E-state index in [1.165, 1.54) is 96.3 Å². The fraction of sp³-hybridized carbons (Fsp3) is 0.885. The lowest BCUT2D eigenvalue weighted by Crippen LogP contribution is -2.42. The molecule has 0 heterocycles. The van der Waals surface area contributed by atoms with Crippen LogP contribution in [0.2, 0.25) is 0 Å². The molecule has 34 heavy (non-hydrogen) atoms. The molecule has 0 amide bonds. The molecule has 0 aliphatic rings. The molecule has 202 valence electrons. The van der Waals surface area contributed by atoms with Crippen LogP contribution >= 0.6 is 0 Å². The highest BCUT2D eigenvalue weighted by atomic mass is 16.4. The van der Waals surface area contributed by atoms with Crippen molar-refractivity contribution >= 4 is 17.9 Å². The first kappa shape index (κ1) is 34.5. The van der Waals surface area contributed by atoms with Gasteiger partial charge in [-0.05, 0) is 12.3 Å². The molecule has 0 atom stereocenters. The van der Waals surface area contributed by atoms with E-state index in [2.05, 4.69) is 13.8 Å². The average Bonchev–Trinajstić information content (AvgIpc) is 2.72. The van der Waals surface area contributed by atoms with Crippen molar-refractivity contribution in [2.75, 3.05) is 6.61 Å². The van der Waals surface area contributed by atoms with Crippen LogP contribution in [-0.2, 0) is 14.4 Å². The standard InChI is InChI=1S/C20H42O.C6H8O7/c1-20(2)18-16-14-12-10-8-6-4-3-5-7-9-11-13-15-17-19-21;7-3(8)1-6(13,5(11)12)2-4(9)10/h20-21H,3-19H2,1-2H3;13H,1-2H2,(H,7,8)(H,9,10)(H,11,12). The van der Waals surface area contributed by atoms with Gasteiger partial charge in [0.05, 0.1) is 12.8 Å². The van der Waals surface area contributed by atoms with E-state index in [-0.39, 0.29) is 0 Å². The Morgan fingerprint density at radius 1 is 0.588 bits per heavy atom. The Bertz CT molecular complexity index is 503. The normalized spacial score (nSPS) is 11.2. The second-order valence-electron chi connectivity index (χ2n) is 9.69. The molecular weight excluding hydrogens is 440 g/mol. The number of carbonyl (C=O) groups is 3. The van der Waals surface area contributed by atoms with Gasteiger partial charge in [0, 0.05) is 6.61 Å². The molecule has 8 nitrogen and oxygen atoms in total. The molecule has 5 N–H and O–H groups in total. The molecule has 0 radical (unpaired) electrons. The van der Waals surface area contributed by atoms with E-state index in [9.17, 15) is 14.4 Å². The molecule has 0 aromatic carbocycles. The third-order valence-corrected chi connectivity index (χ3v) is 5.73. The van der Waals surface area contributed by atoms with Gasteiger partial charge in [0.2, 0.25) is 0 Å². The van der Waals surface area contributed by atoms with Crippen molar-refractivity contribution in [2.45, 2.75) is 135 Å². The number of hydrogen-bond donors (Lipinski definition) is 5. The SMILES string of the molecule is CC(C)CCCCCCCCCCCCCCCCCO.O=C(O)CC(O)(CC(=O)O)C(=O)O. The zero-order valence-electron chi connectivity index (χ0n) is 21.5. The number of unbranched alkanes of at least 4 members (excludes halogenated alkanes) is 14. The summed E-state index contributed by atoms with van der Waals surface area (Å²) in [5.41, 5.74) is -2.74. The van der Waals surface area contributed by atoms with Gasteiger partial charge in [0.15, 0.2) is 5.60 Å². The van der Waals surface area contributed by atoms with Crippen molar-refractivity contribution in [1.29, 1.82) is 0 Å². The quantitative estimate of drug-likeness (QED) is 0.122. The fourth-order valence-electron chi connectivity index (χ4n) is 3.68. The van der Waals surface area contributed by atoms with Crippen LogP contribution in [0.5, 0.6) is 0 Å². The van der Waals surface area contributed by atoms with Crippen LogP contribution in [0.15, 0.2) is 0 Å². The first-order valence-electron chi connectivity index (χ1n) is 13.1. The Kier molecular flexibility index (Phi) is 23.4. The highest BCUT2D eigenvalue weighted by molar-refractivity contribution is 5.88. The number of aliphatic hydroxyl groups excluding tert-OH is 1. The molecule has 0 aliphatic heterocycles. The van der Waals surface area contributed by atoms with Gasteiger partial charge in [-0.2, -0.15) is 0 Å². The number of carboxylic acids is 3. The van der Waals surface area contributed by atoms with E-state index < -0.39 is 36.4 Å². The predicted molar refractivity (Wildman–Crippen MR) is 133 cm³/mol. The van der Waals surface area contributed by atoms with Crippen LogP contribution in [0.1, 0.15) is 129 Å². The van der Waals surface area contributed by atoms with Crippen molar-refractivity contribution in [3.8, 4) is 0 Å². The third kappa shape index (κ3) is 25.0. The summed E-state index contributed by atoms with van der Waals surface area (Å²) < 4.78 is 0. The van der Waals surface area contributed by atoms with E-state index >= 15 is 0 Å². The van der Waals surface area contributed by atoms with Gasteiger partial charge < -0.3 is 25.5 Å². The second kappa shape index (κ2) is 23.1. The Morgan fingerprint density at radius 2 is 0.882 bits per heavy atom. The number of rotatable bonds is 22. The maximum atomic E-state index is 10.3. The van der Waals surface area contributed by atoms with Crippen LogP contribution in [0.4, 0.5) is 0 Å². The summed E-state index contributed by atoms with van der Waals surface area (Å²) in [7, 11) is 0. The van der Waals surface area contributed by atoms with E-state index in [0.717, 1.165) is 12.3 Å². The van der Waals surface area contributed by atoms with Gasteiger partial charge in [0.25, 0.3) is 0 Å². The molecule has 0 fully saturated rings. The minimum absolute atomic E-state index is 0.373. The van der Waals surface area contributed by atoms with Crippen LogP contribution in [0, 0.1) is 5.92 Å². The molecule has 0 saturated heterocycles. The Labute approximate surface area is 205 Å². The lowest BCUT2D eigenvalue weighted by Gasteiger charge is -2.18. The highest BCUT2D eigenvalue weighted by Crippen LogP contribution is 2.16. The van der Waals surface area contributed by atoms with Gasteiger partial charge in [-0.3, -0.25) is 9.59 Å². The largest absolute Gasteiger partial charge is 0.481 e. The summed E-state index contributed by atoms with van der Waals surface area (Å²) >= 11 is 0. The molecule has 0 saturated carbocycles. The molecule has 0 rings (SSSR count). The summed E-state index contributed by atoms with van der Waals surface area (Å²) in [6.07, 6.45) is 19.9. The summed E-state index contributed by atoms with van der Waals surface area (Å²) in [5, 5.41) is 42.5. The van der Waals surface area contributed by atoms with Crippen LogP contribution in [0.25, 0.3) is 0 Å². The smallest absolute Gasteiger partial charge is 0.336 e. The first-order chi connectivity index (χ1) is 16.0. The van der Waals surface area contributed by atoms with Crippen LogP contribution in [0.3, 0.4) is 0 Å². The number of hydrogen-bond acceptors (Lipinski definition) is 5. The number of aliphatic hydroxyl groups is 2. The molecule has 0 bridgehead atoms. The Balaban J connectivity index is 0. The molecule has 8 heteroatoms. The van der Waals surface area contributed by atoms with Gasteiger partial charge in [0.1, 0.15) is 0 Å². The summed E-state index contributed by atoms with van der Waals surface area (Å²) in [6, 6.07) is 0. The molecular formula is C26H50O8. The Hall–Kier alpha value is -1.67. The van der Waals surface area contributed by atoms with Gasteiger partial charge in [-0.15, -0.1) is 0 Å². The lowest BCUT2D eigenvalue weighted by molar-refractivity contribution is -0.170. The molecule has 0 aromatic heterocycles. The summed E-state index contributed by atoms with van der Waals surface area (Å²) in [6.45, 7) is 5.03. The minimum atomic E-state index is -2.74. The lowest BCUT2D eigenvalue weighted by atomic mass is 9.96. The van der Waals surface area contributed by atoms with Crippen molar-refractivity contribution in [1.82, 2.24) is 0 Å². The van der Waals surface area contributed by atoms with Crippen molar-refractivity contribution in [3.63, 3.8) is 0 Å². The summed E-state index contributed by atoms with van der Waals surface area (Å²) in [4.78, 5) is 30.5. The number of aliphatic carboxylic acids is 3. The zero-order chi connectivity index (χ0) is 26.2.